The molecule has 15 heteroatoms. The number of fused-ring (bicyclic) bond motifs is 3. The van der Waals surface area contributed by atoms with Crippen molar-refractivity contribution >= 4 is 29.8 Å². The molecule has 1 aliphatic carbocycles. The van der Waals surface area contributed by atoms with E-state index in [1.807, 2.05) is 48.5 Å². The van der Waals surface area contributed by atoms with Crippen LogP contribution in [0.25, 0.3) is 11.1 Å². The van der Waals surface area contributed by atoms with Gasteiger partial charge in [0.1, 0.15) is 25.7 Å². The maximum atomic E-state index is 13.6. The van der Waals surface area contributed by atoms with Crippen LogP contribution in [0.3, 0.4) is 0 Å². The summed E-state index contributed by atoms with van der Waals surface area (Å²) in [5.74, 6) is -3.13. The van der Waals surface area contributed by atoms with Crippen LogP contribution in [0.4, 0.5) is 4.79 Å². The summed E-state index contributed by atoms with van der Waals surface area (Å²) in [5, 5.41) is 12.3. The third kappa shape index (κ3) is 12.3. The number of carboxylic acid groups (broad SMARTS) is 1. The number of ether oxygens (including phenoxy) is 5. The van der Waals surface area contributed by atoms with Crippen LogP contribution in [-0.4, -0.2) is 156 Å². The third-order valence-corrected chi connectivity index (χ3v) is 8.55. The van der Waals surface area contributed by atoms with Crippen LogP contribution >= 0.6 is 0 Å². The van der Waals surface area contributed by atoms with Crippen LogP contribution in [0.1, 0.15) is 29.9 Å². The lowest BCUT2D eigenvalue weighted by Crippen LogP contribution is -2.50. The minimum Gasteiger partial charge on any atom is -0.480 e. The molecular formula is C36H50N4O11. The van der Waals surface area contributed by atoms with Gasteiger partial charge in [0.15, 0.2) is 0 Å². The first-order valence-corrected chi connectivity index (χ1v) is 16.8. The van der Waals surface area contributed by atoms with Gasteiger partial charge in [-0.2, -0.15) is 0 Å². The van der Waals surface area contributed by atoms with Crippen molar-refractivity contribution in [2.75, 3.05) is 101 Å². The topological polar surface area (TPSA) is 173 Å². The summed E-state index contributed by atoms with van der Waals surface area (Å²) in [7, 11) is 5.99. The fourth-order valence-corrected chi connectivity index (χ4v) is 5.75. The summed E-state index contributed by atoms with van der Waals surface area (Å²) in [4.78, 5) is 69.4. The molecule has 0 aliphatic heterocycles. The minimum absolute atomic E-state index is 0.0194. The average Bonchev–Trinajstić information content (AvgIpc) is 3.45. The van der Waals surface area contributed by atoms with Crippen molar-refractivity contribution in [2.24, 2.45) is 0 Å². The lowest BCUT2D eigenvalue weighted by Gasteiger charge is -2.30. The first kappa shape index (κ1) is 40.9. The second-order valence-corrected chi connectivity index (χ2v) is 11.9. The summed E-state index contributed by atoms with van der Waals surface area (Å²) in [6.07, 6.45) is -1.64. The predicted octanol–water partition coefficient (Wildman–Crippen LogP) is 1.83. The van der Waals surface area contributed by atoms with E-state index in [1.165, 1.54) is 38.2 Å². The maximum Gasteiger partial charge on any atom is 0.407 e. The molecule has 15 nitrogen and oxygen atoms in total. The molecule has 0 spiro atoms. The fraction of sp³-hybridized carbons (Fsp3) is 0.528. The number of aliphatic carboxylic acids is 1. The van der Waals surface area contributed by atoms with Crippen molar-refractivity contribution in [2.45, 2.75) is 24.8 Å². The number of amides is 4. The maximum absolute atomic E-state index is 13.6. The van der Waals surface area contributed by atoms with Crippen LogP contribution in [-0.2, 0) is 42.9 Å². The SMILES string of the molecule is COCCN(CCOC)C(=O)CN(CC(=O)N(CCOC)CCOC)C(=O)CC[C@H](NC(=O)OCC1c2ccccc2-c2ccccc21)C(=O)O. The summed E-state index contributed by atoms with van der Waals surface area (Å²) in [6.45, 7) is 0.975. The monoisotopic (exact) mass is 714 g/mol. The van der Waals surface area contributed by atoms with E-state index in [1.54, 1.807) is 0 Å². The molecule has 0 unspecified atom stereocenters. The van der Waals surface area contributed by atoms with Gasteiger partial charge >= 0.3 is 12.1 Å². The van der Waals surface area contributed by atoms with Crippen molar-refractivity contribution < 1.29 is 52.8 Å². The predicted molar refractivity (Wildman–Crippen MR) is 186 cm³/mol. The molecule has 3 rings (SSSR count). The zero-order valence-electron chi connectivity index (χ0n) is 29.8. The third-order valence-electron chi connectivity index (χ3n) is 8.55. The molecule has 1 aliphatic rings. The van der Waals surface area contributed by atoms with E-state index >= 15 is 0 Å². The second kappa shape index (κ2) is 21.6. The van der Waals surface area contributed by atoms with Crippen molar-refractivity contribution in [3.05, 3.63) is 59.7 Å². The highest BCUT2D eigenvalue weighted by Gasteiger charge is 2.31. The molecule has 0 saturated carbocycles. The highest BCUT2D eigenvalue weighted by atomic mass is 16.5. The normalized spacial score (nSPS) is 12.4. The second-order valence-electron chi connectivity index (χ2n) is 11.9. The number of nitrogens with one attached hydrogen (secondary N) is 1. The molecule has 51 heavy (non-hydrogen) atoms. The Labute approximate surface area is 298 Å². The number of methoxy groups -OCH3 is 4. The van der Waals surface area contributed by atoms with Crippen LogP contribution in [0, 0.1) is 0 Å². The Kier molecular flexibility index (Phi) is 17.3. The molecule has 0 aromatic heterocycles. The Hall–Kier alpha value is -4.57. The van der Waals surface area contributed by atoms with Gasteiger partial charge in [0.2, 0.25) is 17.7 Å². The lowest BCUT2D eigenvalue weighted by atomic mass is 9.98. The standard InChI is InChI=1S/C36H50N4O11/c1-47-19-15-38(16-20-48-2)33(42)23-40(24-34(43)39(17-21-49-3)18-22-50-4)32(41)14-13-31(35(44)45)37-36(46)51-25-30-28-11-7-5-9-26(28)27-10-6-8-12-29(27)30/h5-12,30-31H,13-25H2,1-4H3,(H,37,46)(H,44,45)/t31-/m0/s1. The van der Waals surface area contributed by atoms with Gasteiger partial charge < -0.3 is 48.8 Å². The largest absolute Gasteiger partial charge is 0.480 e. The zero-order chi connectivity index (χ0) is 37.2. The molecule has 4 amide bonds. The van der Waals surface area contributed by atoms with E-state index in [9.17, 15) is 29.1 Å². The first-order chi connectivity index (χ1) is 24.6. The quantitative estimate of drug-likeness (QED) is 0.172. The van der Waals surface area contributed by atoms with Crippen molar-refractivity contribution in [1.82, 2.24) is 20.0 Å². The Balaban J connectivity index is 1.69. The number of benzene rings is 2. The van der Waals surface area contributed by atoms with E-state index in [0.717, 1.165) is 27.2 Å². The number of carbonyl (C=O) groups excluding carboxylic acids is 4. The molecule has 2 N–H and O–H groups in total. The van der Waals surface area contributed by atoms with Gasteiger partial charge in [0.05, 0.1) is 26.4 Å². The summed E-state index contributed by atoms with van der Waals surface area (Å²) in [6, 6.07) is 14.2. The average molecular weight is 715 g/mol. The van der Waals surface area contributed by atoms with E-state index in [0.29, 0.717) is 0 Å². The highest BCUT2D eigenvalue weighted by Crippen LogP contribution is 2.44. The molecule has 280 valence electrons. The van der Waals surface area contributed by atoms with Crippen LogP contribution in [0.2, 0.25) is 0 Å². The Morgan fingerprint density at radius 2 is 1.10 bits per heavy atom. The number of nitrogens with zero attached hydrogens (tertiary/aromatic N) is 3. The molecular weight excluding hydrogens is 664 g/mol. The molecule has 2 aromatic rings. The molecule has 0 heterocycles. The number of alkyl carbamates (subject to hydrolysis) is 1. The smallest absolute Gasteiger partial charge is 0.407 e. The van der Waals surface area contributed by atoms with Gasteiger partial charge in [-0.25, -0.2) is 9.59 Å². The first-order valence-electron chi connectivity index (χ1n) is 16.8. The van der Waals surface area contributed by atoms with E-state index in [4.69, 9.17) is 23.7 Å². The van der Waals surface area contributed by atoms with Gasteiger partial charge in [0, 0.05) is 67.0 Å². The molecule has 0 saturated heterocycles. The Morgan fingerprint density at radius 1 is 0.667 bits per heavy atom. The molecule has 0 radical (unpaired) electrons. The fourth-order valence-electron chi connectivity index (χ4n) is 5.75. The van der Waals surface area contributed by atoms with Gasteiger partial charge in [-0.1, -0.05) is 48.5 Å². The molecule has 0 fully saturated rings. The molecule has 2 aromatic carbocycles. The number of rotatable bonds is 23. The lowest BCUT2D eigenvalue weighted by molar-refractivity contribution is -0.146. The van der Waals surface area contributed by atoms with Crippen LogP contribution in [0.15, 0.2) is 48.5 Å². The number of carbonyl (C=O) groups is 5. The van der Waals surface area contributed by atoms with E-state index < -0.39 is 48.9 Å². The minimum atomic E-state index is -1.47. The summed E-state index contributed by atoms with van der Waals surface area (Å²) >= 11 is 0. The molecule has 1 atom stereocenters. The van der Waals surface area contributed by atoms with E-state index in [2.05, 4.69) is 5.32 Å². The Morgan fingerprint density at radius 3 is 1.51 bits per heavy atom. The number of hydrogen-bond donors (Lipinski definition) is 2. The number of carboxylic acids is 1. The van der Waals surface area contributed by atoms with Crippen LogP contribution < -0.4 is 5.32 Å². The van der Waals surface area contributed by atoms with Gasteiger partial charge in [-0.05, 0) is 28.7 Å². The van der Waals surface area contributed by atoms with Crippen LogP contribution in [0.5, 0.6) is 0 Å². The molecule has 0 bridgehead atoms. The van der Waals surface area contributed by atoms with Crippen molar-refractivity contribution in [3.63, 3.8) is 0 Å². The zero-order valence-corrected chi connectivity index (χ0v) is 29.8. The van der Waals surface area contributed by atoms with Crippen molar-refractivity contribution in [3.8, 4) is 11.1 Å². The van der Waals surface area contributed by atoms with Gasteiger partial charge in [0.25, 0.3) is 0 Å². The Bertz CT molecular complexity index is 1360. The van der Waals surface area contributed by atoms with Gasteiger partial charge in [-0.15, -0.1) is 0 Å². The van der Waals surface area contributed by atoms with Gasteiger partial charge in [-0.3, -0.25) is 14.4 Å². The number of hydrogen-bond acceptors (Lipinski definition) is 10. The van der Waals surface area contributed by atoms with Crippen molar-refractivity contribution in [1.29, 1.82) is 0 Å². The van der Waals surface area contributed by atoms with E-state index in [-0.39, 0.29) is 78.0 Å². The summed E-state index contributed by atoms with van der Waals surface area (Å²) < 4.78 is 26.0. The summed E-state index contributed by atoms with van der Waals surface area (Å²) in [5.41, 5.74) is 4.10. The highest BCUT2D eigenvalue weighted by molar-refractivity contribution is 5.90.